The molecule has 0 aliphatic carbocycles. The van der Waals surface area contributed by atoms with Crippen LogP contribution in [0.3, 0.4) is 0 Å². The van der Waals surface area contributed by atoms with Gasteiger partial charge in [0.1, 0.15) is 0 Å². The van der Waals surface area contributed by atoms with E-state index < -0.39 is 11.6 Å². The van der Waals surface area contributed by atoms with Crippen molar-refractivity contribution in [2.45, 2.75) is 57.7 Å². The number of rotatable bonds is 5. The van der Waals surface area contributed by atoms with Crippen molar-refractivity contribution in [2.24, 2.45) is 5.92 Å². The van der Waals surface area contributed by atoms with Gasteiger partial charge < -0.3 is 14.9 Å². The van der Waals surface area contributed by atoms with Crippen molar-refractivity contribution < 1.29 is 19.7 Å². The van der Waals surface area contributed by atoms with Gasteiger partial charge in [0.05, 0.1) is 6.10 Å². The molecule has 1 saturated heterocycles. The van der Waals surface area contributed by atoms with Gasteiger partial charge in [0.15, 0.2) is 5.60 Å². The predicted molar refractivity (Wildman–Crippen MR) is 60.2 cm³/mol. The van der Waals surface area contributed by atoms with Gasteiger partial charge in [-0.15, -0.1) is 0 Å². The van der Waals surface area contributed by atoms with Gasteiger partial charge in [0, 0.05) is 12.5 Å². The molecule has 1 fully saturated rings. The van der Waals surface area contributed by atoms with Crippen molar-refractivity contribution in [1.82, 2.24) is 0 Å². The van der Waals surface area contributed by atoms with Gasteiger partial charge >= 0.3 is 5.97 Å². The molecule has 1 aliphatic heterocycles. The molecule has 16 heavy (non-hydrogen) atoms. The number of hydrogen-bond acceptors (Lipinski definition) is 3. The van der Waals surface area contributed by atoms with E-state index in [1.165, 1.54) is 0 Å². The molecule has 2 N–H and O–H groups in total. The highest BCUT2D eigenvalue weighted by Crippen LogP contribution is 2.34. The molecular formula is C12H22O4. The lowest BCUT2D eigenvalue weighted by atomic mass is 9.78. The van der Waals surface area contributed by atoms with Crippen molar-refractivity contribution >= 4 is 5.97 Å². The van der Waals surface area contributed by atoms with E-state index in [4.69, 9.17) is 9.84 Å². The van der Waals surface area contributed by atoms with Crippen molar-refractivity contribution in [3.63, 3.8) is 0 Å². The van der Waals surface area contributed by atoms with Crippen molar-refractivity contribution in [1.29, 1.82) is 0 Å². The molecule has 0 saturated carbocycles. The van der Waals surface area contributed by atoms with Crippen LogP contribution in [0.25, 0.3) is 0 Å². The van der Waals surface area contributed by atoms with E-state index in [-0.39, 0.29) is 18.4 Å². The third kappa shape index (κ3) is 2.74. The number of aliphatic hydroxyl groups is 1. The molecule has 1 aliphatic rings. The highest BCUT2D eigenvalue weighted by Gasteiger charge is 2.44. The van der Waals surface area contributed by atoms with Crippen LogP contribution in [-0.4, -0.2) is 34.5 Å². The Morgan fingerprint density at radius 3 is 2.69 bits per heavy atom. The molecular weight excluding hydrogens is 208 g/mol. The summed E-state index contributed by atoms with van der Waals surface area (Å²) < 4.78 is 5.56. The van der Waals surface area contributed by atoms with Crippen LogP contribution >= 0.6 is 0 Å². The zero-order valence-corrected chi connectivity index (χ0v) is 10.1. The van der Waals surface area contributed by atoms with Gasteiger partial charge in [-0.05, 0) is 25.7 Å². The molecule has 4 heteroatoms. The van der Waals surface area contributed by atoms with Crippen LogP contribution in [-0.2, 0) is 9.53 Å². The van der Waals surface area contributed by atoms with Crippen molar-refractivity contribution in [3.05, 3.63) is 0 Å². The first-order valence-corrected chi connectivity index (χ1v) is 6.12. The largest absolute Gasteiger partial charge is 0.479 e. The third-order valence-electron chi connectivity index (χ3n) is 3.56. The van der Waals surface area contributed by atoms with Crippen LogP contribution in [0, 0.1) is 5.92 Å². The third-order valence-corrected chi connectivity index (χ3v) is 3.56. The zero-order valence-electron chi connectivity index (χ0n) is 10.1. The minimum Gasteiger partial charge on any atom is -0.479 e. The van der Waals surface area contributed by atoms with Crippen molar-refractivity contribution in [2.75, 3.05) is 6.61 Å². The quantitative estimate of drug-likeness (QED) is 0.756. The molecule has 0 spiro atoms. The first-order valence-electron chi connectivity index (χ1n) is 6.12. The molecule has 1 heterocycles. The Labute approximate surface area is 96.6 Å². The molecule has 0 amide bonds. The molecule has 0 aromatic heterocycles. The monoisotopic (exact) mass is 230 g/mol. The minimum atomic E-state index is -1.57. The number of ether oxygens (including phenoxy) is 1. The Hall–Kier alpha value is -0.610. The predicted octanol–water partition coefficient (Wildman–Crippen LogP) is 1.81. The van der Waals surface area contributed by atoms with Crippen LogP contribution in [0.4, 0.5) is 0 Å². The second-order valence-corrected chi connectivity index (χ2v) is 4.59. The number of carboxylic acid groups (broad SMARTS) is 1. The maximum Gasteiger partial charge on any atom is 0.335 e. The first kappa shape index (κ1) is 13.5. The highest BCUT2D eigenvalue weighted by atomic mass is 16.5. The molecule has 0 aromatic carbocycles. The fraction of sp³-hybridized carbons (Fsp3) is 0.917. The molecule has 3 atom stereocenters. The first-order chi connectivity index (χ1) is 7.54. The molecule has 0 aromatic rings. The smallest absolute Gasteiger partial charge is 0.335 e. The lowest BCUT2D eigenvalue weighted by Crippen LogP contribution is -2.48. The fourth-order valence-electron chi connectivity index (χ4n) is 2.45. The lowest BCUT2D eigenvalue weighted by Gasteiger charge is -2.37. The average Bonchev–Trinajstić information content (AvgIpc) is 2.28. The minimum absolute atomic E-state index is 0.112. The summed E-state index contributed by atoms with van der Waals surface area (Å²) in [4.78, 5) is 11.1. The summed E-state index contributed by atoms with van der Waals surface area (Å²) in [7, 11) is 0. The Bertz CT molecular complexity index is 239. The zero-order chi connectivity index (χ0) is 12.2. The highest BCUT2D eigenvalue weighted by molar-refractivity contribution is 5.77. The maximum atomic E-state index is 11.1. The van der Waals surface area contributed by atoms with Crippen LogP contribution in [0.1, 0.15) is 46.0 Å². The maximum absolute atomic E-state index is 11.1. The summed E-state index contributed by atoms with van der Waals surface area (Å²) >= 11 is 0. The Morgan fingerprint density at radius 2 is 2.19 bits per heavy atom. The Balaban J connectivity index is 2.67. The van der Waals surface area contributed by atoms with Gasteiger partial charge in [-0.3, -0.25) is 0 Å². The summed E-state index contributed by atoms with van der Waals surface area (Å²) in [5.74, 6) is -1.28. The lowest BCUT2D eigenvalue weighted by molar-refractivity contribution is -0.172. The van der Waals surface area contributed by atoms with Crippen LogP contribution in [0.5, 0.6) is 0 Å². The average molecular weight is 230 g/mol. The molecule has 3 unspecified atom stereocenters. The Morgan fingerprint density at radius 1 is 1.50 bits per heavy atom. The number of aliphatic carboxylic acids is 1. The van der Waals surface area contributed by atoms with Gasteiger partial charge in [0.2, 0.25) is 0 Å². The molecule has 1 rings (SSSR count). The summed E-state index contributed by atoms with van der Waals surface area (Å²) in [5, 5.41) is 19.3. The molecule has 94 valence electrons. The molecule has 4 nitrogen and oxygen atoms in total. The van der Waals surface area contributed by atoms with Gasteiger partial charge in [-0.1, -0.05) is 20.3 Å². The van der Waals surface area contributed by atoms with Crippen LogP contribution in [0.15, 0.2) is 0 Å². The second-order valence-electron chi connectivity index (χ2n) is 4.59. The van der Waals surface area contributed by atoms with E-state index in [1.54, 1.807) is 6.92 Å². The van der Waals surface area contributed by atoms with E-state index in [9.17, 15) is 9.90 Å². The SMILES string of the molecule is CCCC1CC(C(O)(CC)C(=O)O)CCO1. The van der Waals surface area contributed by atoms with Gasteiger partial charge in [-0.25, -0.2) is 4.79 Å². The standard InChI is InChI=1S/C12H22O4/c1-3-5-10-8-9(6-7-16-10)12(15,4-2)11(13)14/h9-10,15H,3-8H2,1-2H3,(H,13,14). The molecule has 0 radical (unpaired) electrons. The van der Waals surface area contributed by atoms with E-state index >= 15 is 0 Å². The van der Waals surface area contributed by atoms with E-state index in [1.807, 2.05) is 0 Å². The van der Waals surface area contributed by atoms with E-state index in [0.29, 0.717) is 19.4 Å². The Kier molecular flexibility index (Phi) is 4.74. The van der Waals surface area contributed by atoms with E-state index in [2.05, 4.69) is 6.92 Å². The van der Waals surface area contributed by atoms with Crippen LogP contribution < -0.4 is 0 Å². The fourth-order valence-corrected chi connectivity index (χ4v) is 2.45. The number of carboxylic acids is 1. The van der Waals surface area contributed by atoms with E-state index in [0.717, 1.165) is 12.8 Å². The van der Waals surface area contributed by atoms with Crippen LogP contribution in [0.2, 0.25) is 0 Å². The summed E-state index contributed by atoms with van der Waals surface area (Å²) in [5.41, 5.74) is -1.57. The summed E-state index contributed by atoms with van der Waals surface area (Å²) in [6.45, 7) is 4.36. The summed E-state index contributed by atoms with van der Waals surface area (Å²) in [6.07, 6.45) is 3.62. The van der Waals surface area contributed by atoms with Crippen molar-refractivity contribution in [3.8, 4) is 0 Å². The van der Waals surface area contributed by atoms with Gasteiger partial charge in [-0.2, -0.15) is 0 Å². The normalized spacial score (nSPS) is 29.7. The number of hydrogen-bond donors (Lipinski definition) is 2. The topological polar surface area (TPSA) is 66.8 Å². The molecule has 0 bridgehead atoms. The second kappa shape index (κ2) is 5.64. The number of carbonyl (C=O) groups is 1. The van der Waals surface area contributed by atoms with Gasteiger partial charge in [0.25, 0.3) is 0 Å². The summed E-state index contributed by atoms with van der Waals surface area (Å²) in [6, 6.07) is 0.